The van der Waals surface area contributed by atoms with Gasteiger partial charge in [-0.15, -0.1) is 13.2 Å². The Kier molecular flexibility index (Phi) is 6.98. The van der Waals surface area contributed by atoms with Crippen molar-refractivity contribution in [2.45, 2.75) is 19.3 Å². The molecular formula is C21H19ClF3N5O6S. The molecule has 1 aliphatic rings. The quantitative estimate of drug-likeness (QED) is 0.449. The van der Waals surface area contributed by atoms with Gasteiger partial charge in [-0.25, -0.2) is 13.6 Å². The number of sulfonamides is 1. The van der Waals surface area contributed by atoms with E-state index < -0.39 is 40.3 Å². The van der Waals surface area contributed by atoms with Gasteiger partial charge >= 0.3 is 12.4 Å². The van der Waals surface area contributed by atoms with Gasteiger partial charge in [-0.3, -0.25) is 14.3 Å². The van der Waals surface area contributed by atoms with E-state index in [1.54, 1.807) is 24.3 Å². The van der Waals surface area contributed by atoms with Crippen molar-refractivity contribution in [2.75, 3.05) is 17.8 Å². The molecule has 0 radical (unpaired) electrons. The number of nitrogens with two attached hydrogens (primary N) is 1. The molecule has 0 fully saturated rings. The van der Waals surface area contributed by atoms with E-state index in [1.165, 1.54) is 23.7 Å². The maximum atomic E-state index is 13.3. The molecule has 1 aromatic heterocycles. The number of hydrogen-bond donors (Lipinski definition) is 2. The highest BCUT2D eigenvalue weighted by Gasteiger charge is 2.42. The van der Waals surface area contributed by atoms with Crippen LogP contribution in [0.2, 0.25) is 5.02 Å². The Morgan fingerprint density at radius 2 is 1.81 bits per heavy atom. The third-order valence-corrected chi connectivity index (χ3v) is 6.05. The van der Waals surface area contributed by atoms with E-state index in [0.29, 0.717) is 15.5 Å². The average molecular weight is 562 g/mol. The lowest BCUT2D eigenvalue weighted by Gasteiger charge is -2.37. The second-order valence-corrected chi connectivity index (χ2v) is 9.95. The van der Waals surface area contributed by atoms with Crippen LogP contribution in [0.25, 0.3) is 0 Å². The number of nitrogens with zero attached hydrogens (tertiary/aromatic N) is 4. The minimum absolute atomic E-state index is 0.0353. The summed E-state index contributed by atoms with van der Waals surface area (Å²) in [6, 6.07) is 10.9. The summed E-state index contributed by atoms with van der Waals surface area (Å²) >= 11 is 5.95. The molecule has 1 aliphatic heterocycles. The molecule has 0 saturated carbocycles. The van der Waals surface area contributed by atoms with Crippen LogP contribution < -0.4 is 19.5 Å². The van der Waals surface area contributed by atoms with E-state index in [0.717, 1.165) is 17.0 Å². The summed E-state index contributed by atoms with van der Waals surface area (Å²) in [5.41, 5.74) is 0.479. The number of carbonyl (C=O) groups excluding carboxylic acids is 1. The summed E-state index contributed by atoms with van der Waals surface area (Å²) < 4.78 is 72.3. The molecule has 1 amide bonds. The predicted molar refractivity (Wildman–Crippen MR) is 125 cm³/mol. The number of aromatic nitrogens is 2. The van der Waals surface area contributed by atoms with E-state index in [2.05, 4.69) is 9.72 Å². The number of amides is 1. The molecule has 3 aromatic rings. The molecule has 0 bridgehead atoms. The van der Waals surface area contributed by atoms with Crippen LogP contribution in [0, 0.1) is 0 Å². The molecule has 198 valence electrons. The molecule has 1 atom stereocenters. The molecule has 0 aliphatic carbocycles. The number of hydrogen-bond acceptors (Lipinski definition) is 8. The SMILES string of the molecule is CN1c2nc(Oc3cccc(OC(F)(F)F)c3)n(Cc3ccc(Cl)cc3)c2C(=O)N(CS(N)(=O)=O)C1O. The van der Waals surface area contributed by atoms with Crippen LogP contribution in [-0.4, -0.2) is 59.5 Å². The maximum Gasteiger partial charge on any atom is 0.573 e. The standard InChI is InChI=1S/C21H19ClF3N5O6S/c1-28-17-16(18(31)30(20(28)32)11-37(26,33)34)29(10-12-5-7-13(22)8-6-12)19(27-17)35-14-3-2-4-15(9-14)36-21(23,24)25/h2-9,20,32H,10-11H2,1H3,(H2,26,33,34). The molecule has 4 rings (SSSR count). The number of aliphatic hydroxyl groups excluding tert-OH is 1. The highest BCUT2D eigenvalue weighted by Crippen LogP contribution is 2.36. The lowest BCUT2D eigenvalue weighted by Crippen LogP contribution is -2.56. The molecule has 0 saturated heterocycles. The fraction of sp³-hybridized carbons (Fsp3) is 0.238. The van der Waals surface area contributed by atoms with Crippen molar-refractivity contribution >= 4 is 33.3 Å². The van der Waals surface area contributed by atoms with Gasteiger partial charge in [-0.1, -0.05) is 29.8 Å². The van der Waals surface area contributed by atoms with Gasteiger partial charge in [-0.2, -0.15) is 4.98 Å². The van der Waals surface area contributed by atoms with E-state index in [9.17, 15) is 31.5 Å². The topological polar surface area (TPSA) is 140 Å². The summed E-state index contributed by atoms with van der Waals surface area (Å²) in [4.78, 5) is 19.3. The summed E-state index contributed by atoms with van der Waals surface area (Å²) in [5.74, 6) is -2.61. The summed E-state index contributed by atoms with van der Waals surface area (Å²) in [6.07, 6.45) is -6.66. The Morgan fingerprint density at radius 3 is 2.43 bits per heavy atom. The molecule has 2 heterocycles. The van der Waals surface area contributed by atoms with E-state index in [-0.39, 0.29) is 29.8 Å². The van der Waals surface area contributed by atoms with Crippen molar-refractivity contribution < 1.29 is 41.0 Å². The fourth-order valence-corrected chi connectivity index (χ4v) is 4.36. The number of imidazole rings is 1. The van der Waals surface area contributed by atoms with Crippen LogP contribution in [0.15, 0.2) is 48.5 Å². The molecule has 11 nitrogen and oxygen atoms in total. The van der Waals surface area contributed by atoms with Gasteiger partial charge in [0.05, 0.1) is 6.54 Å². The van der Waals surface area contributed by atoms with Crippen LogP contribution in [0.3, 0.4) is 0 Å². The zero-order valence-electron chi connectivity index (χ0n) is 18.9. The molecular weight excluding hydrogens is 543 g/mol. The zero-order valence-corrected chi connectivity index (χ0v) is 20.5. The van der Waals surface area contributed by atoms with Crippen LogP contribution >= 0.6 is 11.6 Å². The third kappa shape index (κ3) is 6.07. The summed E-state index contributed by atoms with van der Waals surface area (Å²) in [5, 5.41) is 16.1. The number of carbonyl (C=O) groups is 1. The van der Waals surface area contributed by atoms with E-state index in [4.69, 9.17) is 21.5 Å². The number of aliphatic hydroxyl groups is 1. The van der Waals surface area contributed by atoms with Gasteiger partial charge in [0.25, 0.3) is 5.91 Å². The smallest absolute Gasteiger partial charge is 0.425 e. The minimum Gasteiger partial charge on any atom is -0.425 e. The summed E-state index contributed by atoms with van der Waals surface area (Å²) in [6.45, 7) is -0.0353. The molecule has 3 N–H and O–H groups in total. The number of ether oxygens (including phenoxy) is 2. The Balaban J connectivity index is 1.80. The zero-order chi connectivity index (χ0) is 27.1. The predicted octanol–water partition coefficient (Wildman–Crippen LogP) is 2.69. The average Bonchev–Trinajstić information content (AvgIpc) is 3.13. The Labute approximate surface area is 213 Å². The van der Waals surface area contributed by atoms with E-state index >= 15 is 0 Å². The van der Waals surface area contributed by atoms with Crippen molar-refractivity contribution in [1.29, 1.82) is 0 Å². The van der Waals surface area contributed by atoms with Crippen molar-refractivity contribution in [3.63, 3.8) is 0 Å². The highest BCUT2D eigenvalue weighted by atomic mass is 35.5. The Hall–Kier alpha value is -3.53. The monoisotopic (exact) mass is 561 g/mol. The lowest BCUT2D eigenvalue weighted by molar-refractivity contribution is -0.274. The van der Waals surface area contributed by atoms with Crippen LogP contribution in [-0.2, 0) is 16.6 Å². The van der Waals surface area contributed by atoms with Gasteiger partial charge in [-0.05, 0) is 29.8 Å². The second kappa shape index (κ2) is 9.74. The van der Waals surface area contributed by atoms with Gasteiger partial charge in [0.1, 0.15) is 17.4 Å². The van der Waals surface area contributed by atoms with Gasteiger partial charge in [0.2, 0.25) is 16.4 Å². The number of halogens is 4. The minimum atomic E-state index is -4.93. The van der Waals surface area contributed by atoms with Gasteiger partial charge in [0.15, 0.2) is 11.5 Å². The van der Waals surface area contributed by atoms with Crippen molar-refractivity contribution in [1.82, 2.24) is 14.5 Å². The number of fused-ring (bicyclic) bond motifs is 1. The molecule has 37 heavy (non-hydrogen) atoms. The lowest BCUT2D eigenvalue weighted by atomic mass is 10.2. The first-order valence-electron chi connectivity index (χ1n) is 10.3. The fourth-order valence-electron chi connectivity index (χ4n) is 3.59. The Bertz CT molecular complexity index is 1430. The number of benzene rings is 2. The summed E-state index contributed by atoms with van der Waals surface area (Å²) in [7, 11) is -2.86. The molecule has 0 spiro atoms. The van der Waals surface area contributed by atoms with Crippen LogP contribution in [0.5, 0.6) is 17.5 Å². The largest absolute Gasteiger partial charge is 0.573 e. The normalized spacial score (nSPS) is 16.1. The first-order chi connectivity index (χ1) is 17.2. The van der Waals surface area contributed by atoms with E-state index in [1.807, 2.05) is 0 Å². The third-order valence-electron chi connectivity index (χ3n) is 5.16. The maximum absolute atomic E-state index is 13.3. The molecule has 16 heteroatoms. The number of primary sulfonamides is 1. The van der Waals surface area contributed by atoms with Crippen LogP contribution in [0.4, 0.5) is 19.0 Å². The number of anilines is 1. The van der Waals surface area contributed by atoms with Gasteiger partial charge in [0, 0.05) is 18.1 Å². The molecule has 2 aromatic carbocycles. The van der Waals surface area contributed by atoms with Crippen LogP contribution in [0.1, 0.15) is 16.1 Å². The highest BCUT2D eigenvalue weighted by molar-refractivity contribution is 7.89. The number of alkyl halides is 3. The first kappa shape index (κ1) is 26.5. The van der Waals surface area contributed by atoms with Crippen molar-refractivity contribution in [3.05, 3.63) is 64.8 Å². The second-order valence-electron chi connectivity index (χ2n) is 7.93. The first-order valence-corrected chi connectivity index (χ1v) is 12.4. The van der Waals surface area contributed by atoms with Crippen molar-refractivity contribution in [3.8, 4) is 17.5 Å². The molecule has 1 unspecified atom stereocenters. The number of rotatable bonds is 7. The Morgan fingerprint density at radius 1 is 1.16 bits per heavy atom. The van der Waals surface area contributed by atoms with Gasteiger partial charge < -0.3 is 19.5 Å². The van der Waals surface area contributed by atoms with Crippen molar-refractivity contribution in [2.24, 2.45) is 5.14 Å².